The Morgan fingerprint density at radius 1 is 1.28 bits per heavy atom. The number of fused-ring (bicyclic) bond motifs is 1. The Labute approximate surface area is 146 Å². The maximum absolute atomic E-state index is 12.3. The minimum atomic E-state index is -0.109. The van der Waals surface area contributed by atoms with Gasteiger partial charge >= 0.3 is 0 Å². The molecule has 1 aromatic carbocycles. The molecule has 0 radical (unpaired) electrons. The van der Waals surface area contributed by atoms with Crippen molar-refractivity contribution in [3.8, 4) is 11.5 Å². The summed E-state index contributed by atoms with van der Waals surface area (Å²) in [5.41, 5.74) is 0.719. The highest BCUT2D eigenvalue weighted by molar-refractivity contribution is 5.92. The fourth-order valence-electron chi connectivity index (χ4n) is 3.17. The number of nitrogens with one attached hydrogen (secondary N) is 1. The number of carbonyl (C=O) groups is 1. The molecule has 2 heterocycles. The van der Waals surface area contributed by atoms with Crippen molar-refractivity contribution in [1.82, 2.24) is 9.78 Å². The van der Waals surface area contributed by atoms with E-state index in [-0.39, 0.29) is 17.9 Å². The average molecular weight is 339 g/mol. The molecule has 6 nitrogen and oxygen atoms in total. The Hall–Kier alpha value is -2.76. The van der Waals surface area contributed by atoms with Gasteiger partial charge in [-0.3, -0.25) is 9.48 Å². The zero-order valence-electron chi connectivity index (χ0n) is 13.9. The molecule has 1 aromatic heterocycles. The number of benzene rings is 1. The van der Waals surface area contributed by atoms with Crippen molar-refractivity contribution in [1.29, 1.82) is 0 Å². The van der Waals surface area contributed by atoms with Crippen molar-refractivity contribution in [2.75, 3.05) is 11.9 Å². The van der Waals surface area contributed by atoms with E-state index in [0.29, 0.717) is 13.2 Å². The molecule has 0 saturated heterocycles. The van der Waals surface area contributed by atoms with Crippen LogP contribution in [0.1, 0.15) is 19.3 Å². The Morgan fingerprint density at radius 2 is 2.16 bits per heavy atom. The van der Waals surface area contributed by atoms with Gasteiger partial charge in [-0.25, -0.2) is 0 Å². The smallest absolute Gasteiger partial charge is 0.227 e. The fraction of sp³-hybridized carbons (Fsp3) is 0.368. The molecule has 1 aliphatic heterocycles. The highest BCUT2D eigenvalue weighted by atomic mass is 16.6. The molecule has 1 N–H and O–H groups in total. The molecule has 2 atom stereocenters. The van der Waals surface area contributed by atoms with Crippen LogP contribution in [0, 0.1) is 5.92 Å². The maximum Gasteiger partial charge on any atom is 0.227 e. The van der Waals surface area contributed by atoms with Crippen LogP contribution in [-0.4, -0.2) is 28.4 Å². The predicted molar refractivity (Wildman–Crippen MR) is 93.7 cm³/mol. The third-order valence-corrected chi connectivity index (χ3v) is 4.50. The normalized spacial score (nSPS) is 21.8. The number of rotatable bonds is 4. The van der Waals surface area contributed by atoms with E-state index in [1.165, 1.54) is 0 Å². The summed E-state index contributed by atoms with van der Waals surface area (Å²) < 4.78 is 13.4. The van der Waals surface area contributed by atoms with E-state index in [1.807, 2.05) is 30.5 Å². The summed E-state index contributed by atoms with van der Waals surface area (Å²) in [5.74, 6) is 1.65. The Bertz CT molecular complexity index is 784. The number of amides is 1. The summed E-state index contributed by atoms with van der Waals surface area (Å²) >= 11 is 0. The van der Waals surface area contributed by atoms with Gasteiger partial charge in [0.15, 0.2) is 17.6 Å². The average Bonchev–Trinajstić information content (AvgIpc) is 3.09. The lowest BCUT2D eigenvalue weighted by Gasteiger charge is -2.26. The van der Waals surface area contributed by atoms with Crippen molar-refractivity contribution < 1.29 is 14.3 Å². The van der Waals surface area contributed by atoms with Gasteiger partial charge in [-0.2, -0.15) is 5.10 Å². The molecule has 1 aliphatic carbocycles. The molecule has 0 spiro atoms. The molecule has 6 heteroatoms. The third kappa shape index (κ3) is 3.68. The van der Waals surface area contributed by atoms with Crippen LogP contribution >= 0.6 is 0 Å². The molecule has 2 aromatic rings. The molecule has 0 unspecified atom stereocenters. The number of ether oxygens (including phenoxy) is 2. The molecule has 0 fully saturated rings. The lowest BCUT2D eigenvalue weighted by Crippen LogP contribution is -2.33. The van der Waals surface area contributed by atoms with Gasteiger partial charge in [0.25, 0.3) is 0 Å². The zero-order chi connectivity index (χ0) is 17.1. The third-order valence-electron chi connectivity index (χ3n) is 4.50. The number of hydrogen-bond donors (Lipinski definition) is 1. The number of hydrogen-bond acceptors (Lipinski definition) is 4. The van der Waals surface area contributed by atoms with Gasteiger partial charge in [-0.05, 0) is 31.4 Å². The van der Waals surface area contributed by atoms with E-state index in [1.54, 1.807) is 10.9 Å². The van der Waals surface area contributed by atoms with Crippen molar-refractivity contribution in [3.63, 3.8) is 0 Å². The second-order valence-electron chi connectivity index (χ2n) is 6.42. The van der Waals surface area contributed by atoms with Crippen molar-refractivity contribution in [2.45, 2.75) is 31.9 Å². The van der Waals surface area contributed by atoms with Gasteiger partial charge < -0.3 is 14.8 Å². The summed E-state index contributed by atoms with van der Waals surface area (Å²) in [6.45, 7) is 1.04. The molecular formula is C19H21N3O3. The van der Waals surface area contributed by atoms with Gasteiger partial charge in [0, 0.05) is 12.1 Å². The molecule has 1 amide bonds. The Balaban J connectivity index is 1.34. The monoisotopic (exact) mass is 339 g/mol. The summed E-state index contributed by atoms with van der Waals surface area (Å²) in [6, 6.07) is 7.64. The molecule has 4 rings (SSSR count). The highest BCUT2D eigenvalue weighted by Crippen LogP contribution is 2.31. The number of carbonyl (C=O) groups excluding carboxylic acids is 1. The lowest BCUT2D eigenvalue weighted by atomic mass is 9.94. The fourth-order valence-corrected chi connectivity index (χ4v) is 3.17. The maximum atomic E-state index is 12.3. The summed E-state index contributed by atoms with van der Waals surface area (Å²) in [5, 5.41) is 7.27. The van der Waals surface area contributed by atoms with E-state index < -0.39 is 0 Å². The number of allylic oxidation sites excluding steroid dienone is 2. The second-order valence-corrected chi connectivity index (χ2v) is 6.42. The predicted octanol–water partition coefficient (Wildman–Crippen LogP) is 3.02. The number of anilines is 1. The van der Waals surface area contributed by atoms with Crippen LogP contribution in [0.15, 0.2) is 48.8 Å². The molecule has 130 valence electrons. The van der Waals surface area contributed by atoms with Crippen LogP contribution < -0.4 is 14.8 Å². The second kappa shape index (κ2) is 7.01. The van der Waals surface area contributed by atoms with Gasteiger partial charge in [0.1, 0.15) is 6.61 Å². The van der Waals surface area contributed by atoms with E-state index in [4.69, 9.17) is 9.47 Å². The van der Waals surface area contributed by atoms with E-state index in [0.717, 1.165) is 36.4 Å². The first-order chi connectivity index (χ1) is 12.3. The van der Waals surface area contributed by atoms with E-state index in [2.05, 4.69) is 22.6 Å². The Kier molecular flexibility index (Phi) is 4.41. The SMILES string of the molecule is O=C(Nc1cnn(C[C@@H]2COc3ccccc3O2)c1)[C@@H]1CC=CCC1. The minimum Gasteiger partial charge on any atom is -0.486 e. The highest BCUT2D eigenvalue weighted by Gasteiger charge is 2.22. The topological polar surface area (TPSA) is 65.4 Å². The summed E-state index contributed by atoms with van der Waals surface area (Å²) in [7, 11) is 0. The van der Waals surface area contributed by atoms with Crippen LogP contribution in [0.3, 0.4) is 0 Å². The van der Waals surface area contributed by atoms with Crippen LogP contribution in [0.5, 0.6) is 11.5 Å². The first-order valence-corrected chi connectivity index (χ1v) is 8.65. The summed E-state index contributed by atoms with van der Waals surface area (Å²) in [4.78, 5) is 12.3. The summed E-state index contributed by atoms with van der Waals surface area (Å²) in [6.07, 6.45) is 10.3. The van der Waals surface area contributed by atoms with Gasteiger partial charge in [-0.15, -0.1) is 0 Å². The first-order valence-electron chi connectivity index (χ1n) is 8.65. The van der Waals surface area contributed by atoms with Crippen LogP contribution in [0.25, 0.3) is 0 Å². The number of nitrogens with zero attached hydrogens (tertiary/aromatic N) is 2. The van der Waals surface area contributed by atoms with Gasteiger partial charge in [0.05, 0.1) is 18.4 Å². The molecule has 0 bridgehead atoms. The van der Waals surface area contributed by atoms with Crippen molar-refractivity contribution in [3.05, 3.63) is 48.8 Å². The Morgan fingerprint density at radius 3 is 3.00 bits per heavy atom. The molecule has 2 aliphatic rings. The number of para-hydroxylation sites is 2. The minimum absolute atomic E-state index is 0.0555. The first kappa shape index (κ1) is 15.7. The molecule has 0 saturated carbocycles. The number of aromatic nitrogens is 2. The van der Waals surface area contributed by atoms with Crippen LogP contribution in [0.2, 0.25) is 0 Å². The quantitative estimate of drug-likeness (QED) is 0.870. The zero-order valence-corrected chi connectivity index (χ0v) is 13.9. The lowest BCUT2D eigenvalue weighted by molar-refractivity contribution is -0.120. The van der Waals surface area contributed by atoms with Gasteiger partial charge in [0.2, 0.25) is 5.91 Å². The van der Waals surface area contributed by atoms with Crippen molar-refractivity contribution >= 4 is 11.6 Å². The van der Waals surface area contributed by atoms with E-state index in [9.17, 15) is 4.79 Å². The van der Waals surface area contributed by atoms with E-state index >= 15 is 0 Å². The van der Waals surface area contributed by atoms with Gasteiger partial charge in [-0.1, -0.05) is 24.3 Å². The van der Waals surface area contributed by atoms with Crippen LogP contribution in [-0.2, 0) is 11.3 Å². The molecular weight excluding hydrogens is 318 g/mol. The van der Waals surface area contributed by atoms with Crippen molar-refractivity contribution in [2.24, 2.45) is 5.92 Å². The largest absolute Gasteiger partial charge is 0.486 e. The van der Waals surface area contributed by atoms with Crippen LogP contribution in [0.4, 0.5) is 5.69 Å². The standard InChI is InChI=1S/C19H21N3O3/c23-19(14-6-2-1-3-7-14)21-15-10-20-22(11-15)12-16-13-24-17-8-4-5-9-18(17)25-16/h1-2,4-5,8-11,14,16H,3,6-7,12-13H2,(H,21,23)/t14-,16-/m1/s1. The molecule has 25 heavy (non-hydrogen) atoms.